The standard InChI is InChI=1S/C20H16N4O8/c25-15(26)10-21-17(27)16-18(28)22(11-12-6-2-1-3-7-12)20(30)23(19(16)29)13-8-4-5-9-14(13)24(31)32/h1-9,28H,10-11H2,(H,21,27)(H,25,26). The van der Waals surface area contributed by atoms with Gasteiger partial charge in [0, 0.05) is 6.07 Å². The highest BCUT2D eigenvalue weighted by atomic mass is 16.6. The molecular weight excluding hydrogens is 424 g/mol. The number of benzene rings is 2. The molecule has 1 heterocycles. The summed E-state index contributed by atoms with van der Waals surface area (Å²) in [6.07, 6.45) is 0. The molecule has 0 aliphatic heterocycles. The fourth-order valence-electron chi connectivity index (χ4n) is 3.01. The van der Waals surface area contributed by atoms with Crippen molar-refractivity contribution in [2.75, 3.05) is 6.54 Å². The van der Waals surface area contributed by atoms with Crippen molar-refractivity contribution in [1.82, 2.24) is 14.5 Å². The summed E-state index contributed by atoms with van der Waals surface area (Å²) < 4.78 is 1.10. The zero-order valence-electron chi connectivity index (χ0n) is 16.3. The van der Waals surface area contributed by atoms with E-state index < -0.39 is 57.4 Å². The molecule has 3 rings (SSSR count). The molecule has 0 saturated carbocycles. The number of nitro groups is 1. The first-order valence-corrected chi connectivity index (χ1v) is 9.09. The number of hydrogen-bond donors (Lipinski definition) is 3. The molecule has 1 aromatic heterocycles. The van der Waals surface area contributed by atoms with Crippen LogP contribution in [0.2, 0.25) is 0 Å². The molecule has 0 radical (unpaired) electrons. The summed E-state index contributed by atoms with van der Waals surface area (Å²) in [5, 5.41) is 32.8. The molecule has 12 heteroatoms. The third-order valence-corrected chi connectivity index (χ3v) is 4.45. The van der Waals surface area contributed by atoms with Crippen molar-refractivity contribution in [3.63, 3.8) is 0 Å². The minimum Gasteiger partial charge on any atom is -0.494 e. The SMILES string of the molecule is O=C(O)CNC(=O)c1c(O)n(Cc2ccccc2)c(=O)n(-c2ccccc2[N+](=O)[O-])c1=O. The lowest BCUT2D eigenvalue weighted by Gasteiger charge is -2.15. The zero-order chi connectivity index (χ0) is 23.4. The third kappa shape index (κ3) is 4.23. The van der Waals surface area contributed by atoms with Crippen LogP contribution in [0.3, 0.4) is 0 Å². The highest BCUT2D eigenvalue weighted by Crippen LogP contribution is 2.21. The van der Waals surface area contributed by atoms with Gasteiger partial charge in [0.05, 0.1) is 11.5 Å². The average molecular weight is 440 g/mol. The third-order valence-electron chi connectivity index (χ3n) is 4.45. The molecule has 0 spiro atoms. The number of carbonyl (C=O) groups excluding carboxylic acids is 1. The lowest BCUT2D eigenvalue weighted by Crippen LogP contribution is -2.44. The molecule has 0 bridgehead atoms. The molecule has 12 nitrogen and oxygen atoms in total. The first-order chi connectivity index (χ1) is 15.2. The number of carboxylic acids is 1. The molecule has 0 fully saturated rings. The number of nitro benzene ring substituents is 1. The van der Waals surface area contributed by atoms with Gasteiger partial charge in [0.1, 0.15) is 12.2 Å². The summed E-state index contributed by atoms with van der Waals surface area (Å²) in [4.78, 5) is 60.1. The Bertz CT molecular complexity index is 1330. The van der Waals surface area contributed by atoms with Crippen LogP contribution in [0.4, 0.5) is 5.69 Å². The molecule has 3 aromatic rings. The minimum atomic E-state index is -1.41. The van der Waals surface area contributed by atoms with Crippen LogP contribution in [0.15, 0.2) is 64.2 Å². The predicted molar refractivity (Wildman–Crippen MR) is 110 cm³/mol. The van der Waals surface area contributed by atoms with E-state index in [9.17, 15) is 34.4 Å². The predicted octanol–water partition coefficient (Wildman–Crippen LogP) is 0.476. The topological polar surface area (TPSA) is 174 Å². The maximum absolute atomic E-state index is 13.1. The number of carboxylic acid groups (broad SMARTS) is 1. The number of rotatable bonds is 7. The van der Waals surface area contributed by atoms with Gasteiger partial charge in [-0.2, -0.15) is 0 Å². The molecule has 0 unspecified atom stereocenters. The fraction of sp³-hybridized carbons (Fsp3) is 0.100. The van der Waals surface area contributed by atoms with Crippen LogP contribution < -0.4 is 16.6 Å². The van der Waals surface area contributed by atoms with E-state index in [1.165, 1.54) is 12.1 Å². The van der Waals surface area contributed by atoms with Crippen LogP contribution in [0.25, 0.3) is 5.69 Å². The van der Waals surface area contributed by atoms with Gasteiger partial charge >= 0.3 is 11.7 Å². The zero-order valence-corrected chi connectivity index (χ0v) is 16.3. The van der Waals surface area contributed by atoms with E-state index >= 15 is 0 Å². The second-order valence-electron chi connectivity index (χ2n) is 6.52. The van der Waals surface area contributed by atoms with Crippen LogP contribution in [0.1, 0.15) is 15.9 Å². The van der Waals surface area contributed by atoms with Crippen molar-refractivity contribution >= 4 is 17.6 Å². The van der Waals surface area contributed by atoms with Crippen molar-refractivity contribution in [2.45, 2.75) is 6.54 Å². The first kappa shape index (κ1) is 22.0. The number of aliphatic carboxylic acids is 1. The minimum absolute atomic E-state index is 0.272. The second kappa shape index (κ2) is 8.95. The highest BCUT2D eigenvalue weighted by Gasteiger charge is 2.28. The Labute approximate surface area is 178 Å². The number of hydrogen-bond acceptors (Lipinski definition) is 7. The fourth-order valence-corrected chi connectivity index (χ4v) is 3.01. The van der Waals surface area contributed by atoms with Gasteiger partial charge in [0.25, 0.3) is 17.2 Å². The van der Waals surface area contributed by atoms with E-state index in [1.54, 1.807) is 30.3 Å². The van der Waals surface area contributed by atoms with E-state index in [4.69, 9.17) is 5.11 Å². The molecule has 3 N–H and O–H groups in total. The number of carbonyl (C=O) groups is 2. The van der Waals surface area contributed by atoms with Gasteiger partial charge in [-0.3, -0.25) is 29.1 Å². The largest absolute Gasteiger partial charge is 0.494 e. The lowest BCUT2D eigenvalue weighted by molar-refractivity contribution is -0.384. The smallest absolute Gasteiger partial charge is 0.339 e. The molecule has 164 valence electrons. The summed E-state index contributed by atoms with van der Waals surface area (Å²) in [7, 11) is 0. The lowest BCUT2D eigenvalue weighted by atomic mass is 10.2. The maximum Gasteiger partial charge on any atom is 0.339 e. The Morgan fingerprint density at radius 2 is 1.66 bits per heavy atom. The van der Waals surface area contributed by atoms with E-state index in [1.807, 2.05) is 5.32 Å². The number of aromatic nitrogens is 2. The molecule has 2 aromatic carbocycles. The second-order valence-corrected chi connectivity index (χ2v) is 6.52. The number of aromatic hydroxyl groups is 1. The normalized spacial score (nSPS) is 10.5. The van der Waals surface area contributed by atoms with Crippen LogP contribution in [-0.4, -0.2) is 42.7 Å². The van der Waals surface area contributed by atoms with E-state index in [0.717, 1.165) is 12.1 Å². The summed E-state index contributed by atoms with van der Waals surface area (Å²) in [5.41, 5.74) is -3.87. The molecule has 0 aliphatic carbocycles. The summed E-state index contributed by atoms with van der Waals surface area (Å²) in [6.45, 7) is -1.13. The number of amides is 1. The van der Waals surface area contributed by atoms with Crippen LogP contribution in [-0.2, 0) is 11.3 Å². The molecule has 0 aliphatic rings. The van der Waals surface area contributed by atoms with Gasteiger partial charge < -0.3 is 15.5 Å². The quantitative estimate of drug-likeness (QED) is 0.351. The Hall–Kier alpha value is -4.74. The molecule has 0 saturated heterocycles. The summed E-state index contributed by atoms with van der Waals surface area (Å²) >= 11 is 0. The highest BCUT2D eigenvalue weighted by molar-refractivity contribution is 5.97. The van der Waals surface area contributed by atoms with Crippen molar-refractivity contribution in [2.24, 2.45) is 0 Å². The van der Waals surface area contributed by atoms with Gasteiger partial charge in [-0.05, 0) is 11.6 Å². The molecule has 0 atom stereocenters. The number of nitrogens with zero attached hydrogens (tertiary/aromatic N) is 3. The summed E-state index contributed by atoms with van der Waals surface area (Å²) in [5.74, 6) is -3.67. The van der Waals surface area contributed by atoms with Crippen LogP contribution in [0.5, 0.6) is 5.88 Å². The van der Waals surface area contributed by atoms with E-state index in [2.05, 4.69) is 0 Å². The monoisotopic (exact) mass is 440 g/mol. The van der Waals surface area contributed by atoms with Gasteiger partial charge in [-0.15, -0.1) is 0 Å². The van der Waals surface area contributed by atoms with Crippen molar-refractivity contribution < 1.29 is 24.7 Å². The van der Waals surface area contributed by atoms with E-state index in [-0.39, 0.29) is 6.54 Å². The molecule has 32 heavy (non-hydrogen) atoms. The van der Waals surface area contributed by atoms with Gasteiger partial charge in [0.15, 0.2) is 5.56 Å². The Kier molecular flexibility index (Phi) is 6.14. The number of nitrogens with one attached hydrogen (secondary N) is 1. The van der Waals surface area contributed by atoms with Crippen LogP contribution in [0, 0.1) is 10.1 Å². The Morgan fingerprint density at radius 1 is 1.03 bits per heavy atom. The van der Waals surface area contributed by atoms with Crippen molar-refractivity contribution in [3.05, 3.63) is 96.7 Å². The average Bonchev–Trinajstić information content (AvgIpc) is 2.76. The van der Waals surface area contributed by atoms with Gasteiger partial charge in [-0.25, -0.2) is 9.36 Å². The van der Waals surface area contributed by atoms with Crippen molar-refractivity contribution in [1.29, 1.82) is 0 Å². The number of para-hydroxylation sites is 2. The maximum atomic E-state index is 13.1. The van der Waals surface area contributed by atoms with Crippen molar-refractivity contribution in [3.8, 4) is 11.6 Å². The van der Waals surface area contributed by atoms with Gasteiger partial charge in [0.2, 0.25) is 5.88 Å². The van der Waals surface area contributed by atoms with Gasteiger partial charge in [-0.1, -0.05) is 42.5 Å². The van der Waals surface area contributed by atoms with Crippen LogP contribution >= 0.6 is 0 Å². The Balaban J connectivity index is 2.33. The molecular formula is C20H16N4O8. The molecule has 1 amide bonds. The first-order valence-electron chi connectivity index (χ1n) is 9.09. The van der Waals surface area contributed by atoms with E-state index in [0.29, 0.717) is 14.7 Å². The summed E-state index contributed by atoms with van der Waals surface area (Å²) in [6, 6.07) is 13.2. The Morgan fingerprint density at radius 3 is 2.28 bits per heavy atom.